The van der Waals surface area contributed by atoms with Crippen molar-refractivity contribution >= 4 is 21.8 Å². The van der Waals surface area contributed by atoms with Crippen LogP contribution in [0.5, 0.6) is 5.75 Å². The van der Waals surface area contributed by atoms with E-state index in [1.165, 1.54) is 0 Å². The van der Waals surface area contributed by atoms with E-state index in [0.717, 1.165) is 36.3 Å². The van der Waals surface area contributed by atoms with Crippen molar-refractivity contribution in [1.82, 2.24) is 10.2 Å². The number of halogens is 1. The van der Waals surface area contributed by atoms with Gasteiger partial charge in [-0.05, 0) is 44.2 Å². The predicted octanol–water partition coefficient (Wildman–Crippen LogP) is 2.29. The van der Waals surface area contributed by atoms with Crippen molar-refractivity contribution in [2.24, 2.45) is 5.41 Å². The van der Waals surface area contributed by atoms with E-state index in [0.29, 0.717) is 6.61 Å². The highest BCUT2D eigenvalue weighted by atomic mass is 79.9. The van der Waals surface area contributed by atoms with Crippen molar-refractivity contribution < 1.29 is 9.53 Å². The highest BCUT2D eigenvalue weighted by molar-refractivity contribution is 9.10. The van der Waals surface area contributed by atoms with Crippen molar-refractivity contribution in [1.29, 1.82) is 0 Å². The number of nitrogens with one attached hydrogen (secondary N) is 1. The van der Waals surface area contributed by atoms with Gasteiger partial charge in [0.2, 0.25) is 5.91 Å². The monoisotopic (exact) mass is 340 g/mol. The number of hydrogen-bond acceptors (Lipinski definition) is 3. The van der Waals surface area contributed by atoms with Crippen molar-refractivity contribution in [3.05, 3.63) is 28.7 Å². The molecule has 0 bridgehead atoms. The first-order chi connectivity index (χ1) is 9.53. The lowest BCUT2D eigenvalue weighted by atomic mass is 9.89. The fourth-order valence-corrected chi connectivity index (χ4v) is 2.82. The van der Waals surface area contributed by atoms with Gasteiger partial charge in [0.05, 0.1) is 5.41 Å². The first kappa shape index (κ1) is 15.3. The fraction of sp³-hybridized carbons (Fsp3) is 0.533. The average Bonchev–Trinajstić information content (AvgIpc) is 2.83. The number of benzene rings is 1. The molecular weight excluding hydrogens is 320 g/mol. The number of nitrogens with zero attached hydrogens (tertiary/aromatic N) is 1. The third-order valence-corrected chi connectivity index (χ3v) is 4.35. The summed E-state index contributed by atoms with van der Waals surface area (Å²) in [5.74, 6) is 1.01. The van der Waals surface area contributed by atoms with Crippen LogP contribution in [0.1, 0.15) is 13.3 Å². The average molecular weight is 341 g/mol. The Morgan fingerprint density at radius 3 is 2.80 bits per heavy atom. The molecule has 1 saturated heterocycles. The van der Waals surface area contributed by atoms with E-state index < -0.39 is 0 Å². The molecule has 1 heterocycles. The fourth-order valence-electron chi connectivity index (χ4n) is 2.56. The number of hydrogen-bond donors (Lipinski definition) is 1. The number of likely N-dealkylation sites (tertiary alicyclic amines) is 1. The van der Waals surface area contributed by atoms with E-state index in [4.69, 9.17) is 4.74 Å². The molecular formula is C15H21BrN2O2. The number of ether oxygens (including phenoxy) is 1. The smallest absolute Gasteiger partial charge is 0.227 e. The quantitative estimate of drug-likeness (QED) is 0.894. The molecule has 5 heteroatoms. The number of carbonyl (C=O) groups is 1. The molecule has 2 rings (SSSR count). The number of amides is 1. The van der Waals surface area contributed by atoms with Crippen LogP contribution in [-0.4, -0.2) is 44.1 Å². The minimum Gasteiger partial charge on any atom is -0.492 e. The summed E-state index contributed by atoms with van der Waals surface area (Å²) in [4.78, 5) is 14.1. The molecule has 1 amide bonds. The second-order valence-corrected chi connectivity index (χ2v) is 6.38. The second-order valence-electron chi connectivity index (χ2n) is 5.47. The standard InChI is InChI=1S/C15H21BrN2O2/c1-15(14(19)17-2)7-8-18(11-15)9-10-20-13-5-3-12(16)4-6-13/h3-6H,7-11H2,1-2H3,(H,17,19). The summed E-state index contributed by atoms with van der Waals surface area (Å²) in [6.07, 6.45) is 0.908. The molecule has 0 aliphatic carbocycles. The van der Waals surface area contributed by atoms with E-state index in [1.807, 2.05) is 31.2 Å². The molecule has 0 saturated carbocycles. The van der Waals surface area contributed by atoms with Crippen LogP contribution in [0.15, 0.2) is 28.7 Å². The Kier molecular flexibility index (Phi) is 5.05. The Labute approximate surface area is 128 Å². The molecule has 4 nitrogen and oxygen atoms in total. The Morgan fingerprint density at radius 1 is 1.45 bits per heavy atom. The van der Waals surface area contributed by atoms with Gasteiger partial charge < -0.3 is 10.1 Å². The lowest BCUT2D eigenvalue weighted by Crippen LogP contribution is -2.39. The van der Waals surface area contributed by atoms with Crippen LogP contribution in [0.3, 0.4) is 0 Å². The molecule has 1 unspecified atom stereocenters. The molecule has 20 heavy (non-hydrogen) atoms. The summed E-state index contributed by atoms with van der Waals surface area (Å²) in [6.45, 7) is 5.28. The summed E-state index contributed by atoms with van der Waals surface area (Å²) in [6, 6.07) is 7.83. The molecule has 0 radical (unpaired) electrons. The topological polar surface area (TPSA) is 41.6 Å². The van der Waals surface area contributed by atoms with Crippen LogP contribution in [0.4, 0.5) is 0 Å². The van der Waals surface area contributed by atoms with Crippen LogP contribution in [0.2, 0.25) is 0 Å². The normalized spacial score (nSPS) is 22.8. The van der Waals surface area contributed by atoms with Gasteiger partial charge in [-0.1, -0.05) is 15.9 Å². The maximum atomic E-state index is 11.8. The third-order valence-electron chi connectivity index (χ3n) is 3.82. The Morgan fingerprint density at radius 2 is 2.15 bits per heavy atom. The Balaban J connectivity index is 1.76. The van der Waals surface area contributed by atoms with Crippen molar-refractivity contribution in [2.45, 2.75) is 13.3 Å². The van der Waals surface area contributed by atoms with Crippen LogP contribution >= 0.6 is 15.9 Å². The van der Waals surface area contributed by atoms with Gasteiger partial charge in [-0.3, -0.25) is 9.69 Å². The molecule has 1 aliphatic heterocycles. The summed E-state index contributed by atoms with van der Waals surface area (Å²) >= 11 is 3.40. The van der Waals surface area contributed by atoms with Gasteiger partial charge in [0, 0.05) is 24.6 Å². The molecule has 1 aliphatic rings. The molecule has 1 fully saturated rings. The zero-order chi connectivity index (χ0) is 14.6. The highest BCUT2D eigenvalue weighted by Crippen LogP contribution is 2.29. The minimum atomic E-state index is -0.258. The number of rotatable bonds is 5. The largest absolute Gasteiger partial charge is 0.492 e. The molecule has 1 aromatic rings. The zero-order valence-corrected chi connectivity index (χ0v) is 13.6. The predicted molar refractivity (Wildman–Crippen MR) is 82.9 cm³/mol. The first-order valence-corrected chi connectivity index (χ1v) is 7.66. The SMILES string of the molecule is CNC(=O)C1(C)CCN(CCOc2ccc(Br)cc2)C1. The number of carbonyl (C=O) groups excluding carboxylic acids is 1. The third kappa shape index (κ3) is 3.73. The van der Waals surface area contributed by atoms with Crippen molar-refractivity contribution in [2.75, 3.05) is 33.3 Å². The Bertz CT molecular complexity index is 463. The molecule has 110 valence electrons. The van der Waals surface area contributed by atoms with Gasteiger partial charge in [0.1, 0.15) is 12.4 Å². The highest BCUT2D eigenvalue weighted by Gasteiger charge is 2.39. The summed E-state index contributed by atoms with van der Waals surface area (Å²) < 4.78 is 6.76. The van der Waals surface area contributed by atoms with Gasteiger partial charge >= 0.3 is 0 Å². The van der Waals surface area contributed by atoms with Gasteiger partial charge in [0.25, 0.3) is 0 Å². The van der Waals surface area contributed by atoms with Gasteiger partial charge in [-0.15, -0.1) is 0 Å². The van der Waals surface area contributed by atoms with E-state index >= 15 is 0 Å². The molecule has 1 N–H and O–H groups in total. The van der Waals surface area contributed by atoms with Gasteiger partial charge in [-0.2, -0.15) is 0 Å². The van der Waals surface area contributed by atoms with Crippen molar-refractivity contribution in [3.63, 3.8) is 0 Å². The van der Waals surface area contributed by atoms with E-state index in [-0.39, 0.29) is 11.3 Å². The lowest BCUT2D eigenvalue weighted by molar-refractivity contribution is -0.129. The second kappa shape index (κ2) is 6.59. The van der Waals surface area contributed by atoms with Crippen LogP contribution in [-0.2, 0) is 4.79 Å². The summed E-state index contributed by atoms with van der Waals surface area (Å²) in [5.41, 5.74) is -0.258. The van der Waals surface area contributed by atoms with Crippen LogP contribution in [0.25, 0.3) is 0 Å². The Hall–Kier alpha value is -1.07. The molecule has 0 aromatic heterocycles. The van der Waals surface area contributed by atoms with E-state index in [9.17, 15) is 4.79 Å². The first-order valence-electron chi connectivity index (χ1n) is 6.86. The van der Waals surface area contributed by atoms with Crippen molar-refractivity contribution in [3.8, 4) is 5.75 Å². The van der Waals surface area contributed by atoms with Gasteiger partial charge in [-0.25, -0.2) is 0 Å². The summed E-state index contributed by atoms with van der Waals surface area (Å²) in [5, 5.41) is 2.75. The van der Waals surface area contributed by atoms with Crippen LogP contribution < -0.4 is 10.1 Å². The molecule has 1 atom stereocenters. The molecule has 0 spiro atoms. The maximum absolute atomic E-state index is 11.8. The van der Waals surface area contributed by atoms with Gasteiger partial charge in [0.15, 0.2) is 0 Å². The van der Waals surface area contributed by atoms with E-state index in [2.05, 4.69) is 26.1 Å². The lowest BCUT2D eigenvalue weighted by Gasteiger charge is -2.22. The summed E-state index contributed by atoms with van der Waals surface area (Å²) in [7, 11) is 1.70. The minimum absolute atomic E-state index is 0.133. The van der Waals surface area contributed by atoms with Crippen LogP contribution in [0, 0.1) is 5.41 Å². The van der Waals surface area contributed by atoms with E-state index in [1.54, 1.807) is 7.05 Å². The zero-order valence-electron chi connectivity index (χ0n) is 12.0. The molecule has 1 aromatic carbocycles. The maximum Gasteiger partial charge on any atom is 0.227 e.